The van der Waals surface area contributed by atoms with Crippen LogP contribution in [0.3, 0.4) is 0 Å². The average Bonchev–Trinajstić information content (AvgIpc) is 3.12. The van der Waals surface area contributed by atoms with E-state index in [2.05, 4.69) is 49.0 Å². The molecule has 0 aliphatic heterocycles. The lowest BCUT2D eigenvalue weighted by Gasteiger charge is -2.23. The molecule has 0 saturated heterocycles. The standard InChI is InChI=1S/C14H18F3NOSi.C12H16FNOSi.2C4H3F7O/c1-5-20(3,4)12-8-6-7-11(9-12)18(2)13(19)10-14(15,16)17;1-5-16(3,4)11-8-6-7-10(9-11)14(2)12(13)15;5-1-3(7,8)12-2(6)4(9,10)11;5-3(6,7)1-2(12-11)4(8,9)10/h5-9H,1,10H2,2-4H3;5-9H,1H2,2-4H3;2*2H,1H2. The van der Waals surface area contributed by atoms with Gasteiger partial charge in [-0.2, -0.15) is 66.4 Å². The summed E-state index contributed by atoms with van der Waals surface area (Å²) in [6, 6.07) is 14.5. The van der Waals surface area contributed by atoms with Gasteiger partial charge in [-0.1, -0.05) is 72.2 Å². The van der Waals surface area contributed by atoms with E-state index in [1.165, 1.54) is 14.1 Å². The van der Waals surface area contributed by atoms with E-state index in [0.717, 1.165) is 20.2 Å². The van der Waals surface area contributed by atoms with E-state index in [1.807, 2.05) is 35.7 Å². The lowest BCUT2D eigenvalue weighted by Crippen LogP contribution is -2.40. The molecule has 0 saturated carbocycles. The number of carbonyl (C=O) groups is 2. The summed E-state index contributed by atoms with van der Waals surface area (Å²) in [6.07, 6.45) is -38.1. The van der Waals surface area contributed by atoms with Gasteiger partial charge in [0.2, 0.25) is 12.0 Å². The van der Waals surface area contributed by atoms with Crippen molar-refractivity contribution in [2.75, 3.05) is 30.6 Å². The highest BCUT2D eigenvalue weighted by atomic mass is 28.3. The molecule has 2 unspecified atom stereocenters. The highest BCUT2D eigenvalue weighted by Crippen LogP contribution is 2.33. The number of alkyl halides is 16. The summed E-state index contributed by atoms with van der Waals surface area (Å²) in [5, 5.41) is 2.16. The second-order valence-corrected chi connectivity index (χ2v) is 22.1. The van der Waals surface area contributed by atoms with Crippen LogP contribution in [-0.2, 0) is 14.5 Å². The topological polar surface area (TPSA) is 59.1 Å². The van der Waals surface area contributed by atoms with Crippen molar-refractivity contribution in [2.24, 2.45) is 0 Å². The van der Waals surface area contributed by atoms with Gasteiger partial charge in [-0.25, -0.2) is 13.6 Å². The SMILES string of the molecule is C=C[Si](C)(C)c1cccc(N(C)C(=O)CC(F)(F)F)c1.C=C[Si](C)(C)c1cccc(N(C)C(=O)F)c1.FCC(F)(F)OC(F)C(F)(F)F.FOC(CC(F)(F)F)C(F)(F)F. The predicted octanol–water partition coefficient (Wildman–Crippen LogP) is 11.3. The summed E-state index contributed by atoms with van der Waals surface area (Å²) in [4.78, 5) is 26.4. The van der Waals surface area contributed by atoms with Crippen LogP contribution in [0.5, 0.6) is 0 Å². The second-order valence-electron chi connectivity index (χ2n) is 13.2. The molecule has 0 radical (unpaired) electrons. The molecule has 0 N–H and O–H groups in total. The first-order valence-electron chi connectivity index (χ1n) is 16.3. The number of nitrogens with zero attached hydrogens (tertiary/aromatic N) is 2. The maximum absolute atomic E-state index is 12.6. The van der Waals surface area contributed by atoms with Gasteiger partial charge in [0.25, 0.3) is 6.36 Å². The van der Waals surface area contributed by atoms with Crippen molar-refractivity contribution in [3.05, 3.63) is 73.1 Å². The molecule has 2 aromatic rings. The molecule has 0 fully saturated rings. The van der Waals surface area contributed by atoms with Crippen molar-refractivity contribution < 1.29 is 98.4 Å². The summed E-state index contributed by atoms with van der Waals surface area (Å²) >= 11 is 0. The van der Waals surface area contributed by atoms with Crippen LogP contribution in [0.2, 0.25) is 26.2 Å². The summed E-state index contributed by atoms with van der Waals surface area (Å²) < 4.78 is 210. The molecule has 0 aromatic heterocycles. The Balaban J connectivity index is 0. The lowest BCUT2D eigenvalue weighted by atomic mass is 10.2. The number of ether oxygens (including phenoxy) is 1. The van der Waals surface area contributed by atoms with Crippen molar-refractivity contribution in [3.63, 3.8) is 0 Å². The Kier molecular flexibility index (Phi) is 22.5. The maximum atomic E-state index is 12.6. The van der Waals surface area contributed by atoms with Gasteiger partial charge in [0, 0.05) is 25.5 Å². The van der Waals surface area contributed by atoms with E-state index >= 15 is 0 Å². The van der Waals surface area contributed by atoms with Gasteiger partial charge in [-0.15, -0.1) is 17.5 Å². The van der Waals surface area contributed by atoms with Gasteiger partial charge < -0.3 is 4.90 Å². The zero-order valence-electron chi connectivity index (χ0n) is 32.3. The minimum atomic E-state index is -5.57. The van der Waals surface area contributed by atoms with Gasteiger partial charge >= 0.3 is 37.0 Å². The molecule has 0 aliphatic rings. The third-order valence-electron chi connectivity index (χ3n) is 7.54. The van der Waals surface area contributed by atoms with Crippen LogP contribution in [0, 0.1) is 0 Å². The zero-order valence-corrected chi connectivity index (χ0v) is 34.3. The van der Waals surface area contributed by atoms with E-state index in [9.17, 15) is 88.8 Å². The number of anilines is 2. The molecule has 0 spiro atoms. The second kappa shape index (κ2) is 23.2. The number of benzene rings is 2. The third-order valence-corrected chi connectivity index (χ3v) is 13.2. The first kappa shape index (κ1) is 58.0. The smallest absolute Gasteiger partial charge is 0.315 e. The van der Waals surface area contributed by atoms with Gasteiger partial charge in [-0.05, 0) is 28.8 Å². The molecule has 26 heteroatoms. The molecule has 0 bridgehead atoms. The number of hydrogen-bond acceptors (Lipinski definition) is 4. The van der Waals surface area contributed by atoms with Crippen molar-refractivity contribution >= 4 is 50.0 Å². The molecule has 60 heavy (non-hydrogen) atoms. The van der Waals surface area contributed by atoms with Crippen LogP contribution in [0.1, 0.15) is 12.8 Å². The minimum absolute atomic E-state index is 0.471. The van der Waals surface area contributed by atoms with E-state index in [0.29, 0.717) is 11.4 Å². The van der Waals surface area contributed by atoms with E-state index in [1.54, 1.807) is 24.3 Å². The number of halogens is 18. The molecule has 344 valence electrons. The largest absolute Gasteiger partial charge is 0.445 e. The van der Waals surface area contributed by atoms with Gasteiger partial charge in [0.05, 0.1) is 6.42 Å². The van der Waals surface area contributed by atoms with Crippen LogP contribution in [0.25, 0.3) is 0 Å². The fourth-order valence-electron chi connectivity index (χ4n) is 3.66. The van der Waals surface area contributed by atoms with E-state index < -0.39 is 91.0 Å². The number of amides is 2. The molecular weight excluding hydrogens is 899 g/mol. The highest BCUT2D eigenvalue weighted by Gasteiger charge is 2.49. The molecular formula is C34H40F18N2O4Si2. The normalized spacial score (nSPS) is 13.5. The fraction of sp³-hybridized carbons (Fsp3) is 0.471. The van der Waals surface area contributed by atoms with Crippen molar-refractivity contribution in [1.82, 2.24) is 0 Å². The Morgan fingerprint density at radius 3 is 1.38 bits per heavy atom. The molecule has 2 aromatic carbocycles. The Morgan fingerprint density at radius 2 is 1.12 bits per heavy atom. The Morgan fingerprint density at radius 1 is 0.717 bits per heavy atom. The minimum Gasteiger partial charge on any atom is -0.315 e. The van der Waals surface area contributed by atoms with E-state index in [-0.39, 0.29) is 0 Å². The van der Waals surface area contributed by atoms with Gasteiger partial charge in [-0.3, -0.25) is 14.4 Å². The maximum Gasteiger partial charge on any atom is 0.445 e. The average molecular weight is 939 g/mol. The number of carbonyl (C=O) groups excluding carboxylic acids is 2. The third kappa shape index (κ3) is 22.5. The van der Waals surface area contributed by atoms with Crippen LogP contribution in [-0.4, -0.2) is 92.3 Å². The van der Waals surface area contributed by atoms with Gasteiger partial charge in [0.1, 0.15) is 22.6 Å². The lowest BCUT2D eigenvalue weighted by molar-refractivity contribution is -0.359. The molecule has 0 heterocycles. The van der Waals surface area contributed by atoms with Crippen molar-refractivity contribution in [1.29, 1.82) is 0 Å². The molecule has 2 rings (SSSR count). The van der Waals surface area contributed by atoms with E-state index in [4.69, 9.17) is 0 Å². The summed E-state index contributed by atoms with van der Waals surface area (Å²) in [5.41, 5.74) is 4.90. The fourth-order valence-corrected chi connectivity index (χ4v) is 6.22. The molecule has 2 atom stereocenters. The number of hydrogen-bond donors (Lipinski definition) is 0. The summed E-state index contributed by atoms with van der Waals surface area (Å²) in [6.45, 7) is 13.6. The first-order valence-corrected chi connectivity index (χ1v) is 22.4. The first-order chi connectivity index (χ1) is 26.8. The van der Waals surface area contributed by atoms with Crippen molar-refractivity contribution in [2.45, 2.75) is 82.3 Å². The summed E-state index contributed by atoms with van der Waals surface area (Å²) in [7, 11) is -0.693. The highest BCUT2D eigenvalue weighted by molar-refractivity contribution is 6.94. The Bertz CT molecular complexity index is 1660. The van der Waals surface area contributed by atoms with Crippen LogP contribution < -0.4 is 20.2 Å². The van der Waals surface area contributed by atoms with Crippen LogP contribution in [0.4, 0.5) is 95.3 Å². The predicted molar refractivity (Wildman–Crippen MR) is 192 cm³/mol. The Hall–Kier alpha value is -4.05. The summed E-state index contributed by atoms with van der Waals surface area (Å²) in [5.74, 6) is -0.965. The molecule has 6 nitrogen and oxygen atoms in total. The molecule has 0 aliphatic carbocycles. The number of rotatable bonds is 12. The van der Waals surface area contributed by atoms with Crippen LogP contribution >= 0.6 is 0 Å². The van der Waals surface area contributed by atoms with Crippen molar-refractivity contribution in [3.8, 4) is 0 Å². The monoisotopic (exact) mass is 938 g/mol. The zero-order chi connectivity index (χ0) is 47.9. The van der Waals surface area contributed by atoms with Crippen LogP contribution in [0.15, 0.2) is 73.1 Å². The Labute approximate surface area is 334 Å². The van der Waals surface area contributed by atoms with Gasteiger partial charge in [0.15, 0.2) is 6.67 Å². The quantitative estimate of drug-likeness (QED) is 0.0921. The molecule has 2 amide bonds.